The van der Waals surface area contributed by atoms with Gasteiger partial charge < -0.3 is 5.11 Å². The van der Waals surface area contributed by atoms with Gasteiger partial charge >= 0.3 is 0 Å². The largest absolute Gasteiger partial charge is 0.493 e. The van der Waals surface area contributed by atoms with Crippen LogP contribution < -0.4 is 0 Å². The van der Waals surface area contributed by atoms with E-state index >= 15 is 0 Å². The highest BCUT2D eigenvalue weighted by molar-refractivity contribution is 6.31. The van der Waals surface area contributed by atoms with Gasteiger partial charge in [-0.15, -0.1) is 0 Å². The van der Waals surface area contributed by atoms with Crippen molar-refractivity contribution in [2.75, 3.05) is 0 Å². The van der Waals surface area contributed by atoms with E-state index in [-0.39, 0.29) is 5.88 Å². The van der Waals surface area contributed by atoms with Gasteiger partial charge in [-0.2, -0.15) is 5.10 Å². The van der Waals surface area contributed by atoms with E-state index < -0.39 is 0 Å². The molecule has 0 aliphatic carbocycles. The highest BCUT2D eigenvalue weighted by atomic mass is 35.5. The van der Waals surface area contributed by atoms with Crippen LogP contribution in [0.3, 0.4) is 0 Å². The maximum absolute atomic E-state index is 9.66. The average molecular weight is 337 g/mol. The zero-order chi connectivity index (χ0) is 16.5. The molecular weight excluding hydrogens is 324 g/mol. The van der Waals surface area contributed by atoms with E-state index in [2.05, 4.69) is 27.2 Å². The third-order valence-corrected chi connectivity index (χ3v) is 4.02. The van der Waals surface area contributed by atoms with Crippen LogP contribution in [0.15, 0.2) is 61.1 Å². The highest BCUT2D eigenvalue weighted by Crippen LogP contribution is 2.32. The molecule has 5 nitrogen and oxygen atoms in total. The van der Waals surface area contributed by atoms with Crippen molar-refractivity contribution in [3.05, 3.63) is 71.6 Å². The van der Waals surface area contributed by atoms with Crippen LogP contribution in [0.5, 0.6) is 5.88 Å². The van der Waals surface area contributed by atoms with Gasteiger partial charge in [-0.05, 0) is 17.7 Å². The molecule has 24 heavy (non-hydrogen) atoms. The summed E-state index contributed by atoms with van der Waals surface area (Å²) < 4.78 is 1.91. The first-order valence-corrected chi connectivity index (χ1v) is 7.79. The van der Waals surface area contributed by atoms with E-state index in [0.717, 1.165) is 22.0 Å². The molecule has 4 rings (SSSR count). The summed E-state index contributed by atoms with van der Waals surface area (Å²) in [6.07, 6.45) is 3.12. The molecule has 6 heteroatoms. The lowest BCUT2D eigenvalue weighted by Crippen LogP contribution is -2.02. The molecule has 0 aliphatic heterocycles. The first-order valence-electron chi connectivity index (χ1n) is 7.41. The minimum atomic E-state index is -0.0812. The quantitative estimate of drug-likeness (QED) is 0.616. The Morgan fingerprint density at radius 1 is 1.04 bits per heavy atom. The van der Waals surface area contributed by atoms with Gasteiger partial charge in [0.2, 0.25) is 5.88 Å². The van der Waals surface area contributed by atoms with E-state index in [4.69, 9.17) is 11.6 Å². The molecule has 4 aromatic rings. The van der Waals surface area contributed by atoms with E-state index in [9.17, 15) is 5.11 Å². The van der Waals surface area contributed by atoms with Crippen LogP contribution in [0.25, 0.3) is 22.2 Å². The molecule has 0 bridgehead atoms. The monoisotopic (exact) mass is 336 g/mol. The molecule has 2 heterocycles. The SMILES string of the molecule is Oc1cc(-c2cc(Cl)cc3cnn(Cc4ccccc4)c23)ncn1. The fourth-order valence-corrected chi connectivity index (χ4v) is 2.99. The number of aromatic nitrogens is 4. The van der Waals surface area contributed by atoms with Crippen LogP contribution in [0.1, 0.15) is 5.56 Å². The number of fused-ring (bicyclic) bond motifs is 1. The van der Waals surface area contributed by atoms with E-state index in [1.54, 1.807) is 6.20 Å². The standard InChI is InChI=1S/C18H13ClN4O/c19-14-6-13-9-22-23(10-12-4-2-1-3-5-12)18(13)15(7-14)16-8-17(24)21-11-20-16/h1-9,11H,10H2,(H,20,21,24). The molecule has 0 spiro atoms. The van der Waals surface area contributed by atoms with Crippen LogP contribution in [-0.4, -0.2) is 24.9 Å². The third-order valence-electron chi connectivity index (χ3n) is 3.80. The smallest absolute Gasteiger partial charge is 0.214 e. The van der Waals surface area contributed by atoms with E-state index in [1.807, 2.05) is 35.0 Å². The maximum atomic E-state index is 9.66. The highest BCUT2D eigenvalue weighted by Gasteiger charge is 2.13. The van der Waals surface area contributed by atoms with Gasteiger partial charge in [0.15, 0.2) is 0 Å². The Balaban J connectivity index is 1.91. The second kappa shape index (κ2) is 5.94. The lowest BCUT2D eigenvalue weighted by molar-refractivity contribution is 0.452. The van der Waals surface area contributed by atoms with Gasteiger partial charge in [-0.3, -0.25) is 4.68 Å². The Labute approximate surface area is 143 Å². The van der Waals surface area contributed by atoms with Crippen LogP contribution in [-0.2, 0) is 6.54 Å². The number of halogens is 1. The Hall–Kier alpha value is -2.92. The summed E-state index contributed by atoms with van der Waals surface area (Å²) in [5, 5.41) is 15.7. The van der Waals surface area contributed by atoms with Crippen molar-refractivity contribution in [1.29, 1.82) is 0 Å². The van der Waals surface area contributed by atoms with Crippen molar-refractivity contribution < 1.29 is 5.11 Å². The van der Waals surface area contributed by atoms with Crippen LogP contribution in [0.2, 0.25) is 5.02 Å². The first-order chi connectivity index (χ1) is 11.7. The Morgan fingerprint density at radius 2 is 1.88 bits per heavy atom. The molecule has 0 fully saturated rings. The summed E-state index contributed by atoms with van der Waals surface area (Å²) >= 11 is 6.24. The van der Waals surface area contributed by atoms with Crippen LogP contribution in [0, 0.1) is 0 Å². The summed E-state index contributed by atoms with van der Waals surface area (Å²) in [7, 11) is 0. The Kier molecular flexibility index (Phi) is 3.63. The van der Waals surface area contributed by atoms with E-state index in [1.165, 1.54) is 12.4 Å². The van der Waals surface area contributed by atoms with Crippen molar-refractivity contribution in [3.8, 4) is 17.1 Å². The zero-order valence-electron chi connectivity index (χ0n) is 12.6. The summed E-state index contributed by atoms with van der Waals surface area (Å²) in [6, 6.07) is 15.3. The van der Waals surface area contributed by atoms with Gasteiger partial charge in [0, 0.05) is 22.0 Å². The summed E-state index contributed by atoms with van der Waals surface area (Å²) in [5.74, 6) is -0.0812. The molecule has 0 aliphatic rings. The lowest BCUT2D eigenvalue weighted by atomic mass is 10.1. The third kappa shape index (κ3) is 2.70. The van der Waals surface area contributed by atoms with Gasteiger partial charge in [0.1, 0.15) is 6.33 Å². The summed E-state index contributed by atoms with van der Waals surface area (Å²) in [6.45, 7) is 0.635. The van der Waals surface area contributed by atoms with Crippen molar-refractivity contribution in [3.63, 3.8) is 0 Å². The lowest BCUT2D eigenvalue weighted by Gasteiger charge is -2.09. The van der Waals surface area contributed by atoms with Crippen LogP contribution >= 0.6 is 11.6 Å². The predicted molar refractivity (Wildman–Crippen MR) is 93.0 cm³/mol. The Morgan fingerprint density at radius 3 is 2.67 bits per heavy atom. The summed E-state index contributed by atoms with van der Waals surface area (Å²) in [5.41, 5.74) is 3.48. The van der Waals surface area contributed by atoms with Gasteiger partial charge in [-0.1, -0.05) is 41.9 Å². The van der Waals surface area contributed by atoms with Crippen molar-refractivity contribution >= 4 is 22.5 Å². The predicted octanol–water partition coefficient (Wildman–Crippen LogP) is 3.90. The number of hydrogen-bond acceptors (Lipinski definition) is 4. The minimum absolute atomic E-state index is 0.0812. The molecule has 0 unspecified atom stereocenters. The first kappa shape index (κ1) is 14.7. The molecule has 1 N–H and O–H groups in total. The van der Waals surface area contributed by atoms with Crippen molar-refractivity contribution in [1.82, 2.24) is 19.7 Å². The number of rotatable bonds is 3. The molecule has 0 saturated carbocycles. The molecular formula is C18H13ClN4O. The molecule has 118 valence electrons. The molecule has 0 radical (unpaired) electrons. The molecule has 0 atom stereocenters. The summed E-state index contributed by atoms with van der Waals surface area (Å²) in [4.78, 5) is 7.99. The van der Waals surface area contributed by atoms with Gasteiger partial charge in [0.25, 0.3) is 0 Å². The maximum Gasteiger partial charge on any atom is 0.214 e. The van der Waals surface area contributed by atoms with Crippen molar-refractivity contribution in [2.45, 2.75) is 6.54 Å². The van der Waals surface area contributed by atoms with Gasteiger partial charge in [-0.25, -0.2) is 9.97 Å². The second-order valence-electron chi connectivity index (χ2n) is 5.44. The van der Waals surface area contributed by atoms with Crippen LogP contribution in [0.4, 0.5) is 0 Å². The minimum Gasteiger partial charge on any atom is -0.493 e. The fraction of sp³-hybridized carbons (Fsp3) is 0.0556. The number of nitrogens with zero attached hydrogens (tertiary/aromatic N) is 4. The van der Waals surface area contributed by atoms with Gasteiger partial charge in [0.05, 0.1) is 24.0 Å². The number of hydrogen-bond donors (Lipinski definition) is 1. The molecule has 0 amide bonds. The second-order valence-corrected chi connectivity index (χ2v) is 5.88. The number of benzene rings is 2. The fourth-order valence-electron chi connectivity index (χ4n) is 2.76. The van der Waals surface area contributed by atoms with E-state index in [0.29, 0.717) is 17.3 Å². The molecule has 2 aromatic heterocycles. The number of aromatic hydroxyl groups is 1. The molecule has 2 aromatic carbocycles. The topological polar surface area (TPSA) is 63.8 Å². The molecule has 0 saturated heterocycles. The average Bonchev–Trinajstić information content (AvgIpc) is 2.97. The van der Waals surface area contributed by atoms with Crippen molar-refractivity contribution in [2.24, 2.45) is 0 Å². The normalized spacial score (nSPS) is 11.0. The zero-order valence-corrected chi connectivity index (χ0v) is 13.4. The Bertz CT molecular complexity index is 1010.